The summed E-state index contributed by atoms with van der Waals surface area (Å²) >= 11 is 6.10. The van der Waals surface area contributed by atoms with Gasteiger partial charge in [0.1, 0.15) is 4.90 Å². The molecule has 0 amide bonds. The zero-order valence-corrected chi connectivity index (χ0v) is 15.3. The molecule has 2 atom stereocenters. The molecule has 0 aliphatic carbocycles. The van der Waals surface area contributed by atoms with E-state index in [0.29, 0.717) is 6.04 Å². The molecule has 0 aromatic heterocycles. The SMILES string of the molecule is CCCc1ccc(Cl)c(S(=O)(=O)NC2CCNC(C)C2)c1.Cl. The Morgan fingerprint density at radius 2 is 2.14 bits per heavy atom. The second-order valence-corrected chi connectivity index (χ2v) is 7.80. The molecule has 2 N–H and O–H groups in total. The first kappa shape index (κ1) is 19.7. The first-order valence-electron chi connectivity index (χ1n) is 7.46. The first-order valence-corrected chi connectivity index (χ1v) is 9.32. The smallest absolute Gasteiger partial charge is 0.242 e. The molecule has 1 saturated heterocycles. The van der Waals surface area contributed by atoms with Crippen molar-refractivity contribution < 1.29 is 8.42 Å². The largest absolute Gasteiger partial charge is 0.314 e. The van der Waals surface area contributed by atoms with Crippen molar-refractivity contribution in [2.45, 2.75) is 56.5 Å². The average molecular weight is 367 g/mol. The third-order valence-electron chi connectivity index (χ3n) is 3.77. The maximum absolute atomic E-state index is 12.6. The molecule has 1 aliphatic heterocycles. The van der Waals surface area contributed by atoms with Crippen LogP contribution in [0.3, 0.4) is 0 Å². The Kier molecular flexibility index (Phi) is 7.62. The number of sulfonamides is 1. The molecule has 7 heteroatoms. The normalized spacial score (nSPS) is 22.1. The molecule has 0 bridgehead atoms. The highest BCUT2D eigenvalue weighted by molar-refractivity contribution is 7.89. The van der Waals surface area contributed by atoms with Gasteiger partial charge in [0.25, 0.3) is 0 Å². The number of nitrogens with one attached hydrogen (secondary N) is 2. The van der Waals surface area contributed by atoms with E-state index in [0.717, 1.165) is 37.8 Å². The maximum Gasteiger partial charge on any atom is 0.242 e. The molecule has 0 saturated carbocycles. The summed E-state index contributed by atoms with van der Waals surface area (Å²) in [4.78, 5) is 0.196. The van der Waals surface area contributed by atoms with Crippen molar-refractivity contribution in [1.82, 2.24) is 10.0 Å². The van der Waals surface area contributed by atoms with Crippen LogP contribution in [0.25, 0.3) is 0 Å². The quantitative estimate of drug-likeness (QED) is 0.841. The Balaban J connectivity index is 0.00000242. The lowest BCUT2D eigenvalue weighted by Crippen LogP contribution is -2.46. The van der Waals surface area contributed by atoms with Crippen molar-refractivity contribution in [2.24, 2.45) is 0 Å². The Morgan fingerprint density at radius 3 is 2.77 bits per heavy atom. The number of benzene rings is 1. The number of hydrogen-bond acceptors (Lipinski definition) is 3. The van der Waals surface area contributed by atoms with Crippen molar-refractivity contribution in [1.29, 1.82) is 0 Å². The fraction of sp³-hybridized carbons (Fsp3) is 0.600. The number of rotatable bonds is 5. The van der Waals surface area contributed by atoms with E-state index in [1.807, 2.05) is 6.07 Å². The van der Waals surface area contributed by atoms with Crippen LogP contribution in [-0.2, 0) is 16.4 Å². The molecule has 0 radical (unpaired) electrons. The van der Waals surface area contributed by atoms with Crippen LogP contribution in [0, 0.1) is 0 Å². The minimum atomic E-state index is -3.56. The third kappa shape index (κ3) is 5.10. The molecule has 1 fully saturated rings. The summed E-state index contributed by atoms with van der Waals surface area (Å²) in [6.07, 6.45) is 3.42. The lowest BCUT2D eigenvalue weighted by molar-refractivity contribution is 0.361. The van der Waals surface area contributed by atoms with Gasteiger partial charge in [-0.25, -0.2) is 13.1 Å². The third-order valence-corrected chi connectivity index (χ3v) is 5.77. The average Bonchev–Trinajstić information content (AvgIpc) is 2.40. The molecule has 22 heavy (non-hydrogen) atoms. The van der Waals surface area contributed by atoms with Crippen molar-refractivity contribution in [3.05, 3.63) is 28.8 Å². The Bertz CT molecular complexity index is 593. The molecule has 2 unspecified atom stereocenters. The van der Waals surface area contributed by atoms with E-state index in [9.17, 15) is 8.42 Å². The predicted molar refractivity (Wildman–Crippen MR) is 93.5 cm³/mol. The second-order valence-electron chi connectivity index (χ2n) is 5.71. The van der Waals surface area contributed by atoms with Crippen LogP contribution >= 0.6 is 24.0 Å². The summed E-state index contributed by atoms with van der Waals surface area (Å²) in [7, 11) is -3.56. The van der Waals surface area contributed by atoms with E-state index in [4.69, 9.17) is 11.6 Å². The minimum absolute atomic E-state index is 0. The van der Waals surface area contributed by atoms with E-state index in [1.54, 1.807) is 12.1 Å². The summed E-state index contributed by atoms with van der Waals surface area (Å²) in [5.74, 6) is 0. The summed E-state index contributed by atoms with van der Waals surface area (Å²) < 4.78 is 27.9. The van der Waals surface area contributed by atoms with Gasteiger partial charge in [-0.15, -0.1) is 12.4 Å². The number of halogens is 2. The summed E-state index contributed by atoms with van der Waals surface area (Å²) in [5.41, 5.74) is 1.00. The van der Waals surface area contributed by atoms with Crippen LogP contribution in [0.4, 0.5) is 0 Å². The van der Waals surface area contributed by atoms with Crippen LogP contribution in [0.15, 0.2) is 23.1 Å². The Morgan fingerprint density at radius 1 is 1.41 bits per heavy atom. The van der Waals surface area contributed by atoms with Crippen LogP contribution < -0.4 is 10.0 Å². The van der Waals surface area contributed by atoms with E-state index < -0.39 is 10.0 Å². The van der Waals surface area contributed by atoms with Crippen LogP contribution in [0.2, 0.25) is 5.02 Å². The lowest BCUT2D eigenvalue weighted by Gasteiger charge is -2.28. The molecule has 1 aliphatic rings. The van der Waals surface area contributed by atoms with Gasteiger partial charge in [0.05, 0.1) is 5.02 Å². The van der Waals surface area contributed by atoms with Crippen molar-refractivity contribution >= 4 is 34.0 Å². The fourth-order valence-corrected chi connectivity index (χ4v) is 4.55. The van der Waals surface area contributed by atoms with Crippen LogP contribution in [0.5, 0.6) is 0 Å². The van der Waals surface area contributed by atoms with Gasteiger partial charge >= 0.3 is 0 Å². The van der Waals surface area contributed by atoms with Crippen molar-refractivity contribution in [2.75, 3.05) is 6.54 Å². The van der Waals surface area contributed by atoms with Crippen LogP contribution in [0.1, 0.15) is 38.7 Å². The molecule has 126 valence electrons. The van der Waals surface area contributed by atoms with Gasteiger partial charge in [0.15, 0.2) is 0 Å². The van der Waals surface area contributed by atoms with E-state index >= 15 is 0 Å². The Hall–Kier alpha value is -0.330. The van der Waals surface area contributed by atoms with Gasteiger partial charge in [-0.1, -0.05) is 31.0 Å². The lowest BCUT2D eigenvalue weighted by atomic mass is 10.0. The summed E-state index contributed by atoms with van der Waals surface area (Å²) in [6.45, 7) is 4.96. The molecule has 1 heterocycles. The molecule has 0 spiro atoms. The van der Waals surface area contributed by atoms with E-state index in [2.05, 4.69) is 23.9 Å². The van der Waals surface area contributed by atoms with Crippen molar-refractivity contribution in [3.8, 4) is 0 Å². The zero-order chi connectivity index (χ0) is 15.5. The van der Waals surface area contributed by atoms with Gasteiger partial charge in [-0.3, -0.25) is 0 Å². The van der Waals surface area contributed by atoms with Gasteiger partial charge < -0.3 is 5.32 Å². The summed E-state index contributed by atoms with van der Waals surface area (Å²) in [5, 5.41) is 3.60. The standard InChI is InChI=1S/C15H23ClN2O2S.ClH/c1-3-4-12-5-6-14(16)15(10-12)21(19,20)18-13-7-8-17-11(2)9-13;/h5-6,10-11,13,17-18H,3-4,7-9H2,1-2H3;1H. The molecule has 4 nitrogen and oxygen atoms in total. The highest BCUT2D eigenvalue weighted by Gasteiger charge is 2.26. The highest BCUT2D eigenvalue weighted by Crippen LogP contribution is 2.24. The van der Waals surface area contributed by atoms with Gasteiger partial charge in [-0.05, 0) is 50.4 Å². The van der Waals surface area contributed by atoms with Gasteiger partial charge in [0.2, 0.25) is 10.0 Å². The van der Waals surface area contributed by atoms with Gasteiger partial charge in [-0.2, -0.15) is 0 Å². The number of piperidine rings is 1. The topological polar surface area (TPSA) is 58.2 Å². The van der Waals surface area contributed by atoms with Crippen LogP contribution in [-0.4, -0.2) is 27.0 Å². The fourth-order valence-electron chi connectivity index (χ4n) is 2.72. The molecule has 1 aromatic carbocycles. The van der Waals surface area contributed by atoms with Crippen molar-refractivity contribution in [3.63, 3.8) is 0 Å². The molecular weight excluding hydrogens is 343 g/mol. The Labute approximate surface area is 144 Å². The molecule has 1 aromatic rings. The predicted octanol–water partition coefficient (Wildman–Crippen LogP) is 3.13. The van der Waals surface area contributed by atoms with Gasteiger partial charge in [0, 0.05) is 12.1 Å². The highest BCUT2D eigenvalue weighted by atomic mass is 35.5. The summed E-state index contributed by atoms with van der Waals surface area (Å²) in [6, 6.07) is 5.55. The minimum Gasteiger partial charge on any atom is -0.314 e. The second kappa shape index (κ2) is 8.50. The monoisotopic (exact) mass is 366 g/mol. The number of hydrogen-bond donors (Lipinski definition) is 2. The van der Waals surface area contributed by atoms with E-state index in [-0.39, 0.29) is 28.4 Å². The molecular formula is C15H24Cl2N2O2S. The molecule has 2 rings (SSSR count). The first-order chi connectivity index (χ1) is 9.92. The van der Waals surface area contributed by atoms with E-state index in [1.165, 1.54) is 0 Å². The maximum atomic E-state index is 12.6. The number of aryl methyl sites for hydroxylation is 1. The zero-order valence-electron chi connectivity index (χ0n) is 12.9.